The molecule has 4 aromatic rings. The fourth-order valence-corrected chi connectivity index (χ4v) is 2.32. The minimum atomic E-state index is -0.633. The molecule has 4 aromatic heterocycles. The molecule has 1 N–H and O–H groups in total. The van der Waals surface area contributed by atoms with Gasteiger partial charge < -0.3 is 0 Å². The highest BCUT2D eigenvalue weighted by atomic mass is 32.1. The van der Waals surface area contributed by atoms with Gasteiger partial charge in [-0.2, -0.15) is 13.8 Å². The van der Waals surface area contributed by atoms with Crippen LogP contribution in [0.3, 0.4) is 0 Å². The number of fused-ring (bicyclic) bond motifs is 1. The Balaban J connectivity index is 1.87. The zero-order valence-electron chi connectivity index (χ0n) is 11.5. The molecule has 0 fully saturated rings. The summed E-state index contributed by atoms with van der Waals surface area (Å²) in [5.74, 6) is 0.276. The van der Waals surface area contributed by atoms with Gasteiger partial charge in [0.2, 0.25) is 0 Å². The van der Waals surface area contributed by atoms with Gasteiger partial charge in [-0.05, 0) is 18.2 Å². The first-order chi connectivity index (χ1) is 11.1. The number of rotatable bonds is 2. The van der Waals surface area contributed by atoms with Crippen molar-refractivity contribution in [3.63, 3.8) is 0 Å². The number of nitrogens with one attached hydrogen (secondary N) is 1. The Labute approximate surface area is 133 Å². The van der Waals surface area contributed by atoms with E-state index < -0.39 is 11.4 Å². The van der Waals surface area contributed by atoms with E-state index in [-0.39, 0.29) is 5.82 Å². The number of thiol groups is 1. The van der Waals surface area contributed by atoms with Crippen LogP contribution in [0, 0.1) is 0 Å². The maximum atomic E-state index is 11.9. The molecule has 4 rings (SSSR count). The number of hydrogen-bond acceptors (Lipinski definition) is 6. The van der Waals surface area contributed by atoms with Crippen molar-refractivity contribution in [2.45, 2.75) is 0 Å². The van der Waals surface area contributed by atoms with Gasteiger partial charge in [-0.3, -0.25) is 4.98 Å². The van der Waals surface area contributed by atoms with Crippen LogP contribution in [0.4, 0.5) is 0 Å². The molecule has 114 valence electrons. The lowest BCUT2D eigenvalue weighted by Crippen LogP contribution is -2.22. The Hall–Kier alpha value is -3.14. The van der Waals surface area contributed by atoms with E-state index in [0.29, 0.717) is 9.49 Å². The molecule has 4 heterocycles. The predicted octanol–water partition coefficient (Wildman–Crippen LogP) is 0.149. The van der Waals surface area contributed by atoms with Crippen molar-refractivity contribution in [1.82, 2.24) is 33.5 Å². The van der Waals surface area contributed by atoms with Crippen LogP contribution in [0.2, 0.25) is 0 Å². The molecule has 0 aliphatic heterocycles. The third kappa shape index (κ3) is 2.16. The quantitative estimate of drug-likeness (QED) is 0.510. The van der Waals surface area contributed by atoms with Crippen LogP contribution >= 0.6 is 12.8 Å². The largest absolute Gasteiger partial charge is 0.363 e. The topological polar surface area (TPSA) is 103 Å². The first kappa shape index (κ1) is 13.5. The zero-order chi connectivity index (χ0) is 16.0. The number of H-pyrrole nitrogens is 1. The van der Waals surface area contributed by atoms with E-state index >= 15 is 0 Å². The van der Waals surface area contributed by atoms with Crippen molar-refractivity contribution in [2.24, 2.45) is 0 Å². The van der Waals surface area contributed by atoms with Gasteiger partial charge in [-0.25, -0.2) is 24.4 Å². The van der Waals surface area contributed by atoms with E-state index in [2.05, 4.69) is 33.0 Å². The van der Waals surface area contributed by atoms with Crippen molar-refractivity contribution in [1.29, 1.82) is 0 Å². The van der Waals surface area contributed by atoms with Crippen LogP contribution in [-0.2, 0) is 0 Å². The molecule has 0 aromatic carbocycles. The molecule has 23 heavy (non-hydrogen) atoms. The molecular formula is C13H9N7O2S. The first-order valence-electron chi connectivity index (χ1n) is 6.53. The summed E-state index contributed by atoms with van der Waals surface area (Å²) >= 11 is 3.80. The van der Waals surface area contributed by atoms with Crippen molar-refractivity contribution < 1.29 is 0 Å². The van der Waals surface area contributed by atoms with Crippen molar-refractivity contribution in [3.05, 3.63) is 64.0 Å². The fraction of sp³-hybridized carbons (Fsp3) is 0. The first-order valence-corrected chi connectivity index (χ1v) is 6.93. The number of nitrogens with zero attached hydrogens (tertiary/aromatic N) is 6. The number of aromatic amines is 1. The summed E-state index contributed by atoms with van der Waals surface area (Å²) in [5.41, 5.74) is 0.201. The monoisotopic (exact) mass is 327 g/mol. The van der Waals surface area contributed by atoms with Crippen LogP contribution in [0.1, 0.15) is 0 Å². The second kappa shape index (κ2) is 4.95. The molecule has 0 saturated carbocycles. The van der Waals surface area contributed by atoms with E-state index in [4.69, 9.17) is 0 Å². The summed E-state index contributed by atoms with van der Waals surface area (Å²) in [4.78, 5) is 31.5. The van der Waals surface area contributed by atoms with E-state index in [9.17, 15) is 9.59 Å². The third-order valence-corrected chi connectivity index (χ3v) is 3.64. The number of aromatic nitrogens is 7. The maximum Gasteiger partial charge on any atom is 0.363 e. The summed E-state index contributed by atoms with van der Waals surface area (Å²) in [6.45, 7) is 0. The van der Waals surface area contributed by atoms with Gasteiger partial charge in [-0.1, -0.05) is 12.8 Å². The Kier molecular flexibility index (Phi) is 2.91. The average molecular weight is 327 g/mol. The van der Waals surface area contributed by atoms with Gasteiger partial charge >= 0.3 is 11.4 Å². The summed E-state index contributed by atoms with van der Waals surface area (Å²) in [6, 6.07) is 5.33. The van der Waals surface area contributed by atoms with Crippen LogP contribution in [0.15, 0.2) is 52.6 Å². The average Bonchev–Trinajstić information content (AvgIpc) is 3.12. The molecule has 9 nitrogen and oxygen atoms in total. The lowest BCUT2D eigenvalue weighted by molar-refractivity contribution is 0.806. The van der Waals surface area contributed by atoms with Crippen LogP contribution in [0.5, 0.6) is 0 Å². The molecule has 0 unspecified atom stereocenters. The maximum absolute atomic E-state index is 11.9. The Bertz CT molecular complexity index is 1120. The molecule has 0 amide bonds. The summed E-state index contributed by atoms with van der Waals surface area (Å²) < 4.78 is 3.36. The van der Waals surface area contributed by atoms with Crippen LogP contribution in [-0.4, -0.2) is 33.5 Å². The van der Waals surface area contributed by atoms with Crippen molar-refractivity contribution >= 4 is 23.7 Å². The molecule has 10 heteroatoms. The van der Waals surface area contributed by atoms with Crippen LogP contribution < -0.4 is 11.4 Å². The second-order valence-electron chi connectivity index (χ2n) is 4.73. The lowest BCUT2D eigenvalue weighted by atomic mass is 10.3. The lowest BCUT2D eigenvalue weighted by Gasteiger charge is -1.97. The van der Waals surface area contributed by atoms with Gasteiger partial charge in [0.15, 0.2) is 5.82 Å². The predicted molar refractivity (Wildman–Crippen MR) is 85.3 cm³/mol. The van der Waals surface area contributed by atoms with Gasteiger partial charge in [0.25, 0.3) is 0 Å². The highest BCUT2D eigenvalue weighted by Gasteiger charge is 2.11. The fourth-order valence-electron chi connectivity index (χ4n) is 2.19. The Morgan fingerprint density at radius 3 is 2.78 bits per heavy atom. The van der Waals surface area contributed by atoms with Crippen molar-refractivity contribution in [2.75, 3.05) is 0 Å². The highest BCUT2D eigenvalue weighted by Crippen LogP contribution is 2.16. The molecule has 0 atom stereocenters. The third-order valence-electron chi connectivity index (χ3n) is 3.29. The Morgan fingerprint density at radius 1 is 1.22 bits per heavy atom. The molecule has 0 saturated heterocycles. The molecule has 0 aliphatic rings. The van der Waals surface area contributed by atoms with E-state index in [0.717, 1.165) is 15.8 Å². The molecule has 0 aliphatic carbocycles. The molecule has 0 radical (unpaired) electrons. The molecule has 0 spiro atoms. The van der Waals surface area contributed by atoms with Gasteiger partial charge in [-0.15, -0.1) is 0 Å². The second-order valence-corrected chi connectivity index (χ2v) is 5.13. The summed E-state index contributed by atoms with van der Waals surface area (Å²) in [7, 11) is 0. The SMILES string of the molecule is O=c1[nH]n(-c2cc3cn(-c4cccnc4)nc3cn2)c(=O)n1S. The minimum absolute atomic E-state index is 0.276. The number of pyridine rings is 2. The van der Waals surface area contributed by atoms with E-state index in [1.165, 1.54) is 6.20 Å². The molecular weight excluding hydrogens is 318 g/mol. The zero-order valence-corrected chi connectivity index (χ0v) is 12.4. The van der Waals surface area contributed by atoms with Crippen molar-refractivity contribution in [3.8, 4) is 11.5 Å². The van der Waals surface area contributed by atoms with Gasteiger partial charge in [0.05, 0.1) is 18.1 Å². The molecule has 0 bridgehead atoms. The highest BCUT2D eigenvalue weighted by molar-refractivity contribution is 7.78. The Morgan fingerprint density at radius 2 is 2.09 bits per heavy atom. The minimum Gasteiger partial charge on any atom is -0.262 e. The van der Waals surface area contributed by atoms with E-state index in [1.807, 2.05) is 12.1 Å². The normalized spacial score (nSPS) is 11.2. The summed E-state index contributed by atoms with van der Waals surface area (Å²) in [5, 5.41) is 7.53. The van der Waals surface area contributed by atoms with Crippen LogP contribution in [0.25, 0.3) is 22.4 Å². The summed E-state index contributed by atoms with van der Waals surface area (Å²) in [6.07, 6.45) is 6.68. The standard InChI is InChI=1S/C13H9N7O2S/c21-12-17-19(13(22)20(12)23)11-4-8-7-18(16-10(8)6-15-11)9-2-1-3-14-5-9/h1-7,23H,(H,17,21). The van der Waals surface area contributed by atoms with Gasteiger partial charge in [0.1, 0.15) is 5.52 Å². The number of hydrogen-bond donors (Lipinski definition) is 2. The van der Waals surface area contributed by atoms with E-state index in [1.54, 1.807) is 29.3 Å². The van der Waals surface area contributed by atoms with Gasteiger partial charge in [0, 0.05) is 17.8 Å². The smallest absolute Gasteiger partial charge is 0.262 e.